The molecule has 3 heterocycles. The Morgan fingerprint density at radius 1 is 1.28 bits per heavy atom. The molecule has 1 aliphatic rings. The van der Waals surface area contributed by atoms with Crippen molar-refractivity contribution in [1.29, 1.82) is 0 Å². The lowest BCUT2D eigenvalue weighted by molar-refractivity contribution is 0.0651. The molecular formula is C17H21N5O3. The first-order chi connectivity index (χ1) is 12.1. The third kappa shape index (κ3) is 3.84. The lowest BCUT2D eigenvalue weighted by atomic mass is 9.97. The number of hydrogen-bond acceptors (Lipinski definition) is 6. The summed E-state index contributed by atoms with van der Waals surface area (Å²) in [5, 5.41) is 0. The second-order valence-electron chi connectivity index (χ2n) is 6.20. The highest BCUT2D eigenvalue weighted by atomic mass is 16.5. The highest BCUT2D eigenvalue weighted by Gasteiger charge is 2.26. The molecule has 3 rings (SSSR count). The highest BCUT2D eigenvalue weighted by Crippen LogP contribution is 2.21. The summed E-state index contributed by atoms with van der Waals surface area (Å²) in [5.41, 5.74) is 1.35. The molecule has 0 unspecified atom stereocenters. The van der Waals surface area contributed by atoms with Gasteiger partial charge in [0.1, 0.15) is 6.33 Å². The first-order valence-corrected chi connectivity index (χ1v) is 8.30. The topological polar surface area (TPSA) is 101 Å². The van der Waals surface area contributed by atoms with Gasteiger partial charge in [-0.3, -0.25) is 9.59 Å². The second-order valence-corrected chi connectivity index (χ2v) is 6.20. The Hall–Kier alpha value is -2.77. The van der Waals surface area contributed by atoms with E-state index in [1.54, 1.807) is 4.90 Å². The molecule has 0 saturated carbocycles. The van der Waals surface area contributed by atoms with E-state index in [2.05, 4.69) is 19.9 Å². The fraction of sp³-hybridized carbons (Fsp3) is 0.471. The molecule has 132 valence electrons. The van der Waals surface area contributed by atoms with Crippen LogP contribution < -0.4 is 10.3 Å². The van der Waals surface area contributed by atoms with Gasteiger partial charge >= 0.3 is 0 Å². The zero-order valence-electron chi connectivity index (χ0n) is 14.4. The van der Waals surface area contributed by atoms with Crippen LogP contribution in [-0.4, -0.2) is 50.4 Å². The van der Waals surface area contributed by atoms with Crippen molar-refractivity contribution < 1.29 is 9.53 Å². The van der Waals surface area contributed by atoms with Crippen LogP contribution in [0, 0.1) is 19.8 Å². The Morgan fingerprint density at radius 3 is 2.76 bits per heavy atom. The third-order valence-electron chi connectivity index (χ3n) is 4.56. The predicted octanol–water partition coefficient (Wildman–Crippen LogP) is 1.11. The number of piperidine rings is 1. The van der Waals surface area contributed by atoms with Crippen LogP contribution in [0.1, 0.15) is 34.6 Å². The van der Waals surface area contributed by atoms with Crippen LogP contribution in [0.4, 0.5) is 0 Å². The summed E-state index contributed by atoms with van der Waals surface area (Å²) < 4.78 is 5.83. The van der Waals surface area contributed by atoms with Crippen LogP contribution in [0.3, 0.4) is 0 Å². The normalized spacial score (nSPS) is 15.2. The number of carbonyl (C=O) groups is 1. The largest absolute Gasteiger partial charge is 0.477 e. The lowest BCUT2D eigenvalue weighted by Gasteiger charge is -2.31. The van der Waals surface area contributed by atoms with E-state index in [0.29, 0.717) is 31.5 Å². The van der Waals surface area contributed by atoms with Gasteiger partial charge in [-0.25, -0.2) is 15.0 Å². The number of aryl methyl sites for hydroxylation is 1. The highest BCUT2D eigenvalue weighted by molar-refractivity contribution is 5.91. The molecular weight excluding hydrogens is 322 g/mol. The van der Waals surface area contributed by atoms with Gasteiger partial charge in [0, 0.05) is 36.7 Å². The number of aromatic nitrogens is 4. The minimum atomic E-state index is -0.451. The van der Waals surface area contributed by atoms with Crippen LogP contribution in [0.2, 0.25) is 0 Å². The average molecular weight is 343 g/mol. The Bertz CT molecular complexity index is 812. The fourth-order valence-electron chi connectivity index (χ4n) is 2.82. The number of ether oxygens (including phenoxy) is 1. The van der Waals surface area contributed by atoms with E-state index in [0.717, 1.165) is 24.1 Å². The van der Waals surface area contributed by atoms with Crippen LogP contribution in [0.5, 0.6) is 5.88 Å². The summed E-state index contributed by atoms with van der Waals surface area (Å²) in [4.78, 5) is 40.4. The number of likely N-dealkylation sites (tertiary alicyclic amines) is 1. The molecule has 8 nitrogen and oxygen atoms in total. The Balaban J connectivity index is 1.54. The van der Waals surface area contributed by atoms with Crippen molar-refractivity contribution in [3.8, 4) is 5.88 Å². The maximum absolute atomic E-state index is 12.4. The number of carbonyl (C=O) groups excluding carboxylic acids is 1. The first-order valence-electron chi connectivity index (χ1n) is 8.30. The summed E-state index contributed by atoms with van der Waals surface area (Å²) in [7, 11) is 0. The van der Waals surface area contributed by atoms with Crippen LogP contribution in [0.25, 0.3) is 0 Å². The van der Waals surface area contributed by atoms with Crippen molar-refractivity contribution in [3.63, 3.8) is 0 Å². The quantitative estimate of drug-likeness (QED) is 0.892. The molecule has 0 aromatic carbocycles. The van der Waals surface area contributed by atoms with E-state index in [-0.39, 0.29) is 11.6 Å². The van der Waals surface area contributed by atoms with Gasteiger partial charge in [-0.15, -0.1) is 0 Å². The fourth-order valence-corrected chi connectivity index (χ4v) is 2.82. The molecule has 1 saturated heterocycles. The predicted molar refractivity (Wildman–Crippen MR) is 90.5 cm³/mol. The van der Waals surface area contributed by atoms with Crippen LogP contribution in [-0.2, 0) is 0 Å². The molecule has 8 heteroatoms. The van der Waals surface area contributed by atoms with E-state index >= 15 is 0 Å². The summed E-state index contributed by atoms with van der Waals surface area (Å²) >= 11 is 0. The minimum Gasteiger partial charge on any atom is -0.477 e. The molecule has 1 aliphatic heterocycles. The van der Waals surface area contributed by atoms with Crippen LogP contribution in [0.15, 0.2) is 23.5 Å². The molecule has 0 spiro atoms. The number of rotatable bonds is 4. The zero-order valence-corrected chi connectivity index (χ0v) is 14.4. The van der Waals surface area contributed by atoms with Gasteiger partial charge in [-0.05, 0) is 32.6 Å². The SMILES string of the molecule is Cc1ncnc(OCC2CCN(C(=O)c3ncc[nH]c3=O)CC2)c1C. The number of nitrogens with one attached hydrogen (secondary N) is 1. The molecule has 2 aromatic heterocycles. The van der Waals surface area contributed by atoms with Crippen molar-refractivity contribution in [2.45, 2.75) is 26.7 Å². The number of H-pyrrole nitrogens is 1. The monoisotopic (exact) mass is 343 g/mol. The zero-order chi connectivity index (χ0) is 17.8. The maximum atomic E-state index is 12.4. The van der Waals surface area contributed by atoms with Gasteiger partial charge < -0.3 is 14.6 Å². The molecule has 1 amide bonds. The van der Waals surface area contributed by atoms with Gasteiger partial charge in [0.2, 0.25) is 5.88 Å². The Labute approximate surface area is 145 Å². The van der Waals surface area contributed by atoms with Crippen molar-refractivity contribution in [3.05, 3.63) is 46.0 Å². The first kappa shape index (κ1) is 17.1. The van der Waals surface area contributed by atoms with Crippen molar-refractivity contribution in [1.82, 2.24) is 24.8 Å². The molecule has 0 atom stereocenters. The smallest absolute Gasteiger partial charge is 0.279 e. The molecule has 1 fully saturated rings. The maximum Gasteiger partial charge on any atom is 0.279 e. The van der Waals surface area contributed by atoms with E-state index in [4.69, 9.17) is 4.74 Å². The number of aromatic amines is 1. The Kier molecular flexibility index (Phi) is 5.06. The van der Waals surface area contributed by atoms with Crippen LogP contribution >= 0.6 is 0 Å². The van der Waals surface area contributed by atoms with Gasteiger partial charge in [0.15, 0.2) is 5.69 Å². The average Bonchev–Trinajstić information content (AvgIpc) is 2.63. The number of nitrogens with zero attached hydrogens (tertiary/aromatic N) is 4. The van der Waals surface area contributed by atoms with Gasteiger partial charge in [-0.2, -0.15) is 0 Å². The molecule has 2 aromatic rings. The van der Waals surface area contributed by atoms with Crippen molar-refractivity contribution in [2.75, 3.05) is 19.7 Å². The summed E-state index contributed by atoms with van der Waals surface area (Å²) in [6, 6.07) is 0. The van der Waals surface area contributed by atoms with Gasteiger partial charge in [0.25, 0.3) is 11.5 Å². The van der Waals surface area contributed by atoms with E-state index in [1.165, 1.54) is 18.7 Å². The second kappa shape index (κ2) is 7.42. The molecule has 0 radical (unpaired) electrons. The third-order valence-corrected chi connectivity index (χ3v) is 4.56. The summed E-state index contributed by atoms with van der Waals surface area (Å²) in [5.74, 6) is 0.648. The van der Waals surface area contributed by atoms with Crippen molar-refractivity contribution in [2.24, 2.45) is 5.92 Å². The molecule has 0 bridgehead atoms. The summed E-state index contributed by atoms with van der Waals surface area (Å²) in [6.45, 7) is 5.60. The molecule has 1 N–H and O–H groups in total. The van der Waals surface area contributed by atoms with E-state index in [1.807, 2.05) is 13.8 Å². The van der Waals surface area contributed by atoms with Gasteiger partial charge in [0.05, 0.1) is 6.61 Å². The number of hydrogen-bond donors (Lipinski definition) is 1. The van der Waals surface area contributed by atoms with E-state index in [9.17, 15) is 9.59 Å². The summed E-state index contributed by atoms with van der Waals surface area (Å²) in [6.07, 6.45) is 5.98. The van der Waals surface area contributed by atoms with Crippen molar-refractivity contribution >= 4 is 5.91 Å². The molecule has 0 aliphatic carbocycles. The van der Waals surface area contributed by atoms with E-state index < -0.39 is 5.56 Å². The minimum absolute atomic E-state index is 0.0516. The van der Waals surface area contributed by atoms with Gasteiger partial charge in [-0.1, -0.05) is 0 Å². The molecule has 25 heavy (non-hydrogen) atoms. The lowest BCUT2D eigenvalue weighted by Crippen LogP contribution is -2.42. The Morgan fingerprint density at radius 2 is 2.04 bits per heavy atom. The number of amides is 1. The standard InChI is InChI=1S/C17H21N5O3/c1-11-12(2)20-10-21-16(11)25-9-13-3-7-22(8-4-13)17(24)14-15(23)19-6-5-18-14/h5-6,10,13H,3-4,7-9H2,1-2H3,(H,19,23).